The van der Waals surface area contributed by atoms with Crippen LogP contribution in [-0.4, -0.2) is 11.9 Å². The fourth-order valence-electron chi connectivity index (χ4n) is 11.4. The second kappa shape index (κ2) is 22.5. The van der Waals surface area contributed by atoms with Gasteiger partial charge in [-0.25, -0.2) is 14.2 Å². The first kappa shape index (κ1) is 54.3. The van der Waals surface area contributed by atoms with Crippen LogP contribution in [0.5, 0.6) is 0 Å². The van der Waals surface area contributed by atoms with E-state index in [2.05, 4.69) is 189 Å². The van der Waals surface area contributed by atoms with Crippen LogP contribution in [0.3, 0.4) is 0 Å². The number of benzene rings is 3. The molecule has 0 bridgehead atoms. The van der Waals surface area contributed by atoms with E-state index in [4.69, 9.17) is 9.47 Å². The van der Waals surface area contributed by atoms with Gasteiger partial charge in [0.05, 0.1) is 0 Å². The zero-order valence-corrected chi connectivity index (χ0v) is 48.0. The Balaban J connectivity index is 0.811. The topological polar surface area (TPSA) is 64.2 Å². The summed E-state index contributed by atoms with van der Waals surface area (Å²) >= 11 is 0. The van der Waals surface area contributed by atoms with Crippen molar-refractivity contribution in [2.75, 3.05) is 0 Å². The summed E-state index contributed by atoms with van der Waals surface area (Å²) in [6, 6.07) is 26.2. The summed E-state index contributed by atoms with van der Waals surface area (Å²) in [4.78, 5) is 26.9. The summed E-state index contributed by atoms with van der Waals surface area (Å²) in [6.45, 7) is 34.9. The van der Waals surface area contributed by atoms with Crippen molar-refractivity contribution in [3.05, 3.63) is 230 Å². The van der Waals surface area contributed by atoms with Crippen molar-refractivity contribution in [1.82, 2.24) is 0 Å². The van der Waals surface area contributed by atoms with Crippen molar-refractivity contribution in [2.24, 2.45) is 7.05 Å². The molecule has 0 unspecified atom stereocenters. The maximum absolute atomic E-state index is 13.5. The predicted molar refractivity (Wildman–Crippen MR) is 300 cm³/mol. The molecule has 7 heteroatoms. The average Bonchev–Trinajstić information content (AvgIpc) is 3.95. The first-order valence-corrected chi connectivity index (χ1v) is 26.9. The number of esters is 2. The first-order valence-electron chi connectivity index (χ1n) is 26.9. The van der Waals surface area contributed by atoms with Gasteiger partial charge in [0.1, 0.15) is 20.3 Å². The maximum Gasteiger partial charge on any atom is 0.334 e. The Bertz CT molecular complexity index is 3200. The molecule has 0 spiro atoms. The van der Waals surface area contributed by atoms with Gasteiger partial charge < -0.3 is 9.47 Å². The Hall–Kier alpha value is -6.95. The minimum Gasteiger partial charge on any atom is -0.457 e. The van der Waals surface area contributed by atoms with Gasteiger partial charge in [0, 0.05) is 112 Å². The molecule has 0 aliphatic heterocycles. The second-order valence-electron chi connectivity index (χ2n) is 22.2. The molecule has 2 aliphatic carbocycles. The normalized spacial score (nSPS) is 13.6. The maximum atomic E-state index is 13.5. The fourth-order valence-corrected chi connectivity index (χ4v) is 11.4. The molecular weight excluding hydrogens is 923 g/mol. The highest BCUT2D eigenvalue weighted by Crippen LogP contribution is 2.36. The quantitative estimate of drug-likeness (QED) is 0.0620. The van der Waals surface area contributed by atoms with Gasteiger partial charge in [0.15, 0.2) is 47.3 Å². The Morgan fingerprint density at radius 2 is 0.813 bits per heavy atom. The van der Waals surface area contributed by atoms with Gasteiger partial charge in [-0.05, 0) is 155 Å². The summed E-state index contributed by atoms with van der Waals surface area (Å²) in [5.74, 6) is -0.553. The molecule has 3 aromatic carbocycles. The van der Waals surface area contributed by atoms with Gasteiger partial charge >= 0.3 is 11.9 Å². The lowest BCUT2D eigenvalue weighted by molar-refractivity contribution is -0.700. The lowest BCUT2D eigenvalue weighted by atomic mass is 9.90. The number of ether oxygens (including phenoxy) is 2. The zero-order valence-electron chi connectivity index (χ0n) is 48.0. The van der Waals surface area contributed by atoms with E-state index < -0.39 is 0 Å². The Kier molecular flexibility index (Phi) is 16.3. The van der Waals surface area contributed by atoms with E-state index in [0.29, 0.717) is 36.8 Å². The van der Waals surface area contributed by atoms with E-state index in [1.54, 1.807) is 0 Å². The first-order chi connectivity index (χ1) is 35.6. The molecule has 3 heterocycles. The third kappa shape index (κ3) is 11.8. The van der Waals surface area contributed by atoms with Crippen molar-refractivity contribution in [1.29, 1.82) is 0 Å². The van der Waals surface area contributed by atoms with Crippen LogP contribution in [0.1, 0.15) is 157 Å². The van der Waals surface area contributed by atoms with E-state index in [1.807, 2.05) is 13.8 Å². The number of hydrogen-bond donors (Lipinski definition) is 0. The molecule has 0 N–H and O–H groups in total. The smallest absolute Gasteiger partial charge is 0.334 e. The molecule has 0 saturated heterocycles. The highest BCUT2D eigenvalue weighted by molar-refractivity contribution is 5.91. The number of allylic oxidation sites excluding steroid dienone is 3. The highest BCUT2D eigenvalue weighted by Gasteiger charge is 2.27. The number of nitrogens with zero attached hydrogens (tertiary/aromatic N) is 3. The van der Waals surface area contributed by atoms with Gasteiger partial charge in [0.25, 0.3) is 0 Å². The number of carbonyl (C=O) groups excluding carboxylic acids is 2. The molecule has 8 rings (SSSR count). The number of rotatable bonds is 14. The summed E-state index contributed by atoms with van der Waals surface area (Å²) in [6.07, 6.45) is 4.22. The van der Waals surface area contributed by atoms with Gasteiger partial charge in [-0.15, -0.1) is 5.73 Å². The number of carbonyl (C=O) groups is 2. The molecule has 6 aromatic rings. The van der Waals surface area contributed by atoms with Gasteiger partial charge in [-0.1, -0.05) is 65.7 Å². The molecule has 0 amide bonds. The van der Waals surface area contributed by atoms with Crippen LogP contribution in [0.25, 0.3) is 0 Å². The van der Waals surface area contributed by atoms with E-state index in [0.717, 1.165) is 59.4 Å². The summed E-state index contributed by atoms with van der Waals surface area (Å²) in [5.41, 5.74) is 36.2. The highest BCUT2D eigenvalue weighted by atomic mass is 16.5. The molecule has 0 radical (unpaired) electrons. The van der Waals surface area contributed by atoms with E-state index in [9.17, 15) is 9.59 Å². The zero-order chi connectivity index (χ0) is 54.2. The summed E-state index contributed by atoms with van der Waals surface area (Å²) in [7, 11) is 2.14. The molecule has 3 aromatic heterocycles. The van der Waals surface area contributed by atoms with Crippen molar-refractivity contribution >= 4 is 11.9 Å². The number of pyridine rings is 3. The predicted octanol–water partition coefficient (Wildman–Crippen LogP) is 12.8. The third-order valence-corrected chi connectivity index (χ3v) is 17.3. The number of aromatic nitrogens is 3. The van der Waals surface area contributed by atoms with Crippen LogP contribution >= 0.6 is 0 Å². The molecule has 0 atom stereocenters. The van der Waals surface area contributed by atoms with E-state index in [1.165, 1.54) is 106 Å². The van der Waals surface area contributed by atoms with Crippen LogP contribution in [0.2, 0.25) is 0 Å². The molecular formula is C68H80N3O4+3. The Labute approximate surface area is 448 Å². The van der Waals surface area contributed by atoms with Gasteiger partial charge in [-0.2, -0.15) is 9.13 Å². The second-order valence-corrected chi connectivity index (χ2v) is 22.2. The SMILES string of the molecule is CC1=C(C(=O)OCc2ccc(C[n+]3c(C)cc(Cc4cc(C)c(C)c(C)c4C)c(C)c3C)cc2)CC(=C=C2CC(C)=C(C(=O)OCc3ccc(C[n+]4c(C)cc(Cc5cc(C)[n+](C)c(C)c5C)c(C)c4C)cc3)C2)C1. The van der Waals surface area contributed by atoms with Crippen molar-refractivity contribution in [2.45, 2.75) is 169 Å². The Morgan fingerprint density at radius 1 is 0.440 bits per heavy atom. The van der Waals surface area contributed by atoms with Crippen molar-refractivity contribution < 1.29 is 32.8 Å². The third-order valence-electron chi connectivity index (χ3n) is 17.3. The fraction of sp³-hybridized carbons (Fsp3) is 0.382. The van der Waals surface area contributed by atoms with Crippen molar-refractivity contribution in [3.63, 3.8) is 0 Å². The minimum absolute atomic E-state index is 0.214. The number of aryl methyl sites for hydroxylation is 4. The lowest BCUT2D eigenvalue weighted by Crippen LogP contribution is -2.42. The summed E-state index contributed by atoms with van der Waals surface area (Å²) < 4.78 is 18.8. The Morgan fingerprint density at radius 3 is 1.24 bits per heavy atom. The van der Waals surface area contributed by atoms with Gasteiger partial charge in [0.2, 0.25) is 0 Å². The molecule has 75 heavy (non-hydrogen) atoms. The van der Waals surface area contributed by atoms with E-state index in [-0.39, 0.29) is 25.2 Å². The van der Waals surface area contributed by atoms with Gasteiger partial charge in [-0.3, -0.25) is 0 Å². The molecule has 7 nitrogen and oxygen atoms in total. The van der Waals surface area contributed by atoms with Crippen LogP contribution in [0, 0.1) is 90.0 Å². The molecule has 388 valence electrons. The standard InChI is InChI=1S/C68H80N3O4/c1-40-27-61(48(9)47(8)46(40)7)34-63-29-44(5)70(53(14)50(63)11)36-55-17-21-57(22-18-55)38-74-67(72)65-32-59(25-41(65)2)31-60-26-42(3)66(33-60)68(73)75-39-58-23-19-56(20-24-58)37-71-45(6)30-64(51(12)54(71)15)35-62-28-43(4)69(16)52(13)49(62)10/h17-24,27-30H,25-26,32-39H2,1-16H3/q+3. The minimum atomic E-state index is -0.277. The van der Waals surface area contributed by atoms with Crippen molar-refractivity contribution in [3.8, 4) is 0 Å². The molecule has 2 aliphatic rings. The number of hydrogen-bond acceptors (Lipinski definition) is 4. The van der Waals surface area contributed by atoms with Crippen LogP contribution < -0.4 is 13.7 Å². The summed E-state index contributed by atoms with van der Waals surface area (Å²) in [5, 5.41) is 0. The molecule has 0 saturated carbocycles. The lowest BCUT2D eigenvalue weighted by Gasteiger charge is -2.16. The molecule has 0 fully saturated rings. The van der Waals surface area contributed by atoms with Crippen LogP contribution in [-0.2, 0) is 65.3 Å². The van der Waals surface area contributed by atoms with Crippen LogP contribution in [0.15, 0.2) is 112 Å². The largest absolute Gasteiger partial charge is 0.457 e. The monoisotopic (exact) mass is 1000 g/mol. The van der Waals surface area contributed by atoms with Crippen LogP contribution in [0.4, 0.5) is 0 Å². The average molecular weight is 1000 g/mol. The van der Waals surface area contributed by atoms with E-state index >= 15 is 0 Å².